The van der Waals surface area contributed by atoms with Gasteiger partial charge in [0.15, 0.2) is 5.78 Å². The van der Waals surface area contributed by atoms with E-state index in [1.807, 2.05) is 10.7 Å². The van der Waals surface area contributed by atoms with Crippen molar-refractivity contribution in [3.05, 3.63) is 62.4 Å². The van der Waals surface area contributed by atoms with Gasteiger partial charge in [0.2, 0.25) is 0 Å². The van der Waals surface area contributed by atoms with Gasteiger partial charge in [-0.2, -0.15) is 18.3 Å². The molecular formula is C22H21ClF3N3OS. The fourth-order valence-electron chi connectivity index (χ4n) is 3.95. The van der Waals surface area contributed by atoms with E-state index in [-0.39, 0.29) is 24.7 Å². The van der Waals surface area contributed by atoms with Gasteiger partial charge in [0.1, 0.15) is 0 Å². The number of aryl methyl sites for hydroxylation is 2. The van der Waals surface area contributed by atoms with Crippen LogP contribution in [0.25, 0.3) is 11.3 Å². The van der Waals surface area contributed by atoms with Crippen LogP contribution in [-0.2, 0) is 25.6 Å². The largest absolute Gasteiger partial charge is 0.416 e. The van der Waals surface area contributed by atoms with Crippen LogP contribution < -0.4 is 5.73 Å². The zero-order chi connectivity index (χ0) is 22.2. The summed E-state index contributed by atoms with van der Waals surface area (Å²) in [6, 6.07) is 7.06. The Morgan fingerprint density at radius 2 is 2.13 bits per heavy atom. The van der Waals surface area contributed by atoms with Crippen molar-refractivity contribution in [3.8, 4) is 11.3 Å². The smallest absolute Gasteiger partial charge is 0.330 e. The molecule has 4 nitrogen and oxygen atoms in total. The molecule has 0 bridgehead atoms. The number of halogens is 4. The Morgan fingerprint density at radius 3 is 2.87 bits per heavy atom. The van der Waals surface area contributed by atoms with Crippen LogP contribution in [0.15, 0.2) is 36.5 Å². The summed E-state index contributed by atoms with van der Waals surface area (Å²) in [5, 5.41) is 4.87. The van der Waals surface area contributed by atoms with E-state index in [1.54, 1.807) is 12.3 Å². The number of carbonyl (C=O) groups is 1. The van der Waals surface area contributed by atoms with Gasteiger partial charge in [-0.05, 0) is 49.4 Å². The number of benzene rings is 1. The number of aromatic nitrogens is 2. The van der Waals surface area contributed by atoms with Gasteiger partial charge in [-0.3, -0.25) is 9.48 Å². The van der Waals surface area contributed by atoms with Crippen molar-refractivity contribution in [1.82, 2.24) is 9.78 Å². The molecule has 2 N–H and O–H groups in total. The summed E-state index contributed by atoms with van der Waals surface area (Å²) in [4.78, 5) is 14.7. The van der Waals surface area contributed by atoms with Crippen molar-refractivity contribution >= 4 is 28.7 Å². The van der Waals surface area contributed by atoms with Crippen molar-refractivity contribution in [2.24, 2.45) is 11.7 Å². The number of fused-ring (bicyclic) bond motifs is 3. The monoisotopic (exact) mass is 467 g/mol. The van der Waals surface area contributed by atoms with E-state index >= 15 is 0 Å². The molecule has 0 saturated carbocycles. The number of hydrogen-bond donors (Lipinski definition) is 1. The first-order valence-corrected chi connectivity index (χ1v) is 11.2. The summed E-state index contributed by atoms with van der Waals surface area (Å²) in [7, 11) is 0. The standard InChI is InChI=1S/C22H21ClF3N3OS/c23-17-12-28-29-6-2-5-19-16(21(17)29)10-20(31-19)18(30)9-14(11-27)7-13-3-1-4-15(8-13)22(24,25)26/h1,3-4,8,10,12,14H,2,5-7,9,11,27H2. The van der Waals surface area contributed by atoms with Crippen molar-refractivity contribution in [3.63, 3.8) is 0 Å². The maximum atomic E-state index is 13.0. The van der Waals surface area contributed by atoms with E-state index in [0.29, 0.717) is 21.9 Å². The lowest BCUT2D eigenvalue weighted by molar-refractivity contribution is -0.137. The molecule has 3 heterocycles. The maximum Gasteiger partial charge on any atom is 0.416 e. The van der Waals surface area contributed by atoms with Crippen LogP contribution in [0.3, 0.4) is 0 Å². The van der Waals surface area contributed by atoms with Crippen molar-refractivity contribution in [2.45, 2.75) is 38.4 Å². The molecule has 0 aliphatic carbocycles. The fraction of sp³-hybridized carbons (Fsp3) is 0.364. The Morgan fingerprint density at radius 1 is 1.32 bits per heavy atom. The average molecular weight is 468 g/mol. The minimum Gasteiger partial charge on any atom is -0.330 e. The lowest BCUT2D eigenvalue weighted by atomic mass is 9.93. The molecule has 9 heteroatoms. The predicted molar refractivity (Wildman–Crippen MR) is 116 cm³/mol. The molecule has 1 aliphatic rings. The summed E-state index contributed by atoms with van der Waals surface area (Å²) in [6.45, 7) is 0.991. The van der Waals surface area contributed by atoms with Gasteiger partial charge < -0.3 is 5.73 Å². The molecule has 2 aromatic heterocycles. The van der Waals surface area contributed by atoms with E-state index in [9.17, 15) is 18.0 Å². The van der Waals surface area contributed by atoms with Gasteiger partial charge in [-0.1, -0.05) is 29.8 Å². The van der Waals surface area contributed by atoms with E-state index in [4.69, 9.17) is 17.3 Å². The molecule has 1 atom stereocenters. The first-order chi connectivity index (χ1) is 14.8. The topological polar surface area (TPSA) is 60.9 Å². The molecule has 1 aromatic carbocycles. The Kier molecular flexibility index (Phi) is 6.23. The first-order valence-electron chi connectivity index (χ1n) is 10.00. The lowest BCUT2D eigenvalue weighted by Gasteiger charge is -2.15. The Hall–Kier alpha value is -2.16. The molecule has 1 aliphatic heterocycles. The van der Waals surface area contributed by atoms with Gasteiger partial charge in [0, 0.05) is 23.4 Å². The van der Waals surface area contributed by atoms with Gasteiger partial charge in [0.25, 0.3) is 0 Å². The third-order valence-corrected chi connectivity index (χ3v) is 7.01. The summed E-state index contributed by atoms with van der Waals surface area (Å²) in [6.07, 6.45) is -0.531. The van der Waals surface area contributed by atoms with Gasteiger partial charge >= 0.3 is 6.18 Å². The highest BCUT2D eigenvalue weighted by molar-refractivity contribution is 7.14. The zero-order valence-electron chi connectivity index (χ0n) is 16.6. The highest BCUT2D eigenvalue weighted by Gasteiger charge is 2.30. The normalized spacial score (nSPS) is 14.6. The Bertz CT molecular complexity index is 1110. The van der Waals surface area contributed by atoms with E-state index < -0.39 is 11.7 Å². The molecular weight excluding hydrogens is 447 g/mol. The van der Waals surface area contributed by atoms with Gasteiger partial charge in [-0.15, -0.1) is 11.3 Å². The number of carbonyl (C=O) groups excluding carboxylic acids is 1. The highest BCUT2D eigenvalue weighted by atomic mass is 35.5. The maximum absolute atomic E-state index is 13.0. The number of nitrogens with zero attached hydrogens (tertiary/aromatic N) is 2. The minimum atomic E-state index is -4.40. The van der Waals surface area contributed by atoms with Crippen LogP contribution in [-0.4, -0.2) is 22.1 Å². The molecule has 0 spiro atoms. The molecule has 164 valence electrons. The van der Waals surface area contributed by atoms with Crippen molar-refractivity contribution in [2.75, 3.05) is 6.54 Å². The van der Waals surface area contributed by atoms with Gasteiger partial charge in [-0.25, -0.2) is 0 Å². The fourth-order valence-corrected chi connectivity index (χ4v) is 5.35. The third-order valence-electron chi connectivity index (χ3n) is 5.49. The van der Waals surface area contributed by atoms with Crippen molar-refractivity contribution < 1.29 is 18.0 Å². The summed E-state index contributed by atoms with van der Waals surface area (Å²) in [5.41, 5.74) is 7.47. The third kappa shape index (κ3) is 4.71. The molecule has 0 radical (unpaired) electrons. The molecule has 1 unspecified atom stereocenters. The highest BCUT2D eigenvalue weighted by Crippen LogP contribution is 2.39. The quantitative estimate of drug-likeness (QED) is 0.478. The summed E-state index contributed by atoms with van der Waals surface area (Å²) in [5.74, 6) is -0.297. The second kappa shape index (κ2) is 8.76. The van der Waals surface area contributed by atoms with Crippen LogP contribution in [0, 0.1) is 5.92 Å². The van der Waals surface area contributed by atoms with Crippen LogP contribution in [0.5, 0.6) is 0 Å². The SMILES string of the molecule is NCC(CC(=O)c1cc2c(s1)CCCn1ncc(Cl)c1-2)Cc1cccc(C(F)(F)F)c1. The van der Waals surface area contributed by atoms with Crippen LogP contribution in [0.4, 0.5) is 13.2 Å². The van der Waals surface area contributed by atoms with E-state index in [0.717, 1.165) is 47.7 Å². The average Bonchev–Trinajstić information content (AvgIpc) is 3.26. The molecule has 0 saturated heterocycles. The Balaban J connectivity index is 1.52. The van der Waals surface area contributed by atoms with Crippen LogP contribution in [0.2, 0.25) is 5.02 Å². The molecule has 31 heavy (non-hydrogen) atoms. The molecule has 4 rings (SSSR count). The lowest BCUT2D eigenvalue weighted by Crippen LogP contribution is -2.20. The van der Waals surface area contributed by atoms with Crippen LogP contribution in [0.1, 0.15) is 38.5 Å². The number of thiophene rings is 1. The molecule has 0 fully saturated rings. The number of Topliss-reactive ketones (excluding diaryl/α,β-unsaturated/α-hetero) is 1. The first kappa shape index (κ1) is 22.0. The van der Waals surface area contributed by atoms with Crippen molar-refractivity contribution in [1.29, 1.82) is 0 Å². The minimum absolute atomic E-state index is 0.0531. The summed E-state index contributed by atoms with van der Waals surface area (Å²) >= 11 is 7.79. The predicted octanol–water partition coefficient (Wildman–Crippen LogP) is 5.62. The number of rotatable bonds is 6. The van der Waals surface area contributed by atoms with E-state index in [1.165, 1.54) is 17.4 Å². The molecule has 3 aromatic rings. The number of ketones is 1. The number of alkyl halides is 3. The van der Waals surface area contributed by atoms with Crippen LogP contribution >= 0.6 is 22.9 Å². The summed E-state index contributed by atoms with van der Waals surface area (Å²) < 4.78 is 40.8. The number of nitrogens with two attached hydrogens (primary N) is 1. The number of hydrogen-bond acceptors (Lipinski definition) is 4. The second-order valence-electron chi connectivity index (χ2n) is 7.75. The zero-order valence-corrected chi connectivity index (χ0v) is 18.2. The Labute approximate surface area is 186 Å². The van der Waals surface area contributed by atoms with Gasteiger partial charge in [0.05, 0.1) is 27.4 Å². The second-order valence-corrected chi connectivity index (χ2v) is 9.29. The van der Waals surface area contributed by atoms with E-state index in [2.05, 4.69) is 5.10 Å². The molecule has 0 amide bonds.